The molecule has 4 N–H and O–H groups in total. The Hall–Kier alpha value is -3.34. The summed E-state index contributed by atoms with van der Waals surface area (Å²) in [6.45, 7) is 9.16. The zero-order chi connectivity index (χ0) is 28.8. The van der Waals surface area contributed by atoms with Crippen molar-refractivity contribution in [3.63, 3.8) is 0 Å². The van der Waals surface area contributed by atoms with Crippen molar-refractivity contribution in [1.29, 1.82) is 0 Å². The van der Waals surface area contributed by atoms with Crippen LogP contribution in [-0.4, -0.2) is 72.3 Å². The van der Waals surface area contributed by atoms with Gasteiger partial charge in [-0.1, -0.05) is 31.6 Å². The van der Waals surface area contributed by atoms with E-state index in [1.807, 2.05) is 12.1 Å². The molecular formula is C31H41N5O4S. The molecule has 6 rings (SSSR count). The molecule has 0 bridgehead atoms. The number of aliphatic hydroxyl groups is 1. The maximum atomic E-state index is 13.1. The molecule has 0 radical (unpaired) electrons. The summed E-state index contributed by atoms with van der Waals surface area (Å²) in [5.74, 6) is 1.22. The van der Waals surface area contributed by atoms with Gasteiger partial charge in [0.15, 0.2) is 16.6 Å². The van der Waals surface area contributed by atoms with Crippen molar-refractivity contribution in [1.82, 2.24) is 9.88 Å². The predicted molar refractivity (Wildman–Crippen MR) is 165 cm³/mol. The third-order valence-electron chi connectivity index (χ3n) is 7.56. The number of thiazole rings is 1. The van der Waals surface area contributed by atoms with E-state index in [2.05, 4.69) is 46.1 Å². The molecule has 2 aromatic carbocycles. The summed E-state index contributed by atoms with van der Waals surface area (Å²) >= 11 is 1.24. The van der Waals surface area contributed by atoms with E-state index in [4.69, 9.17) is 15.2 Å². The first kappa shape index (κ1) is 29.2. The second kappa shape index (κ2) is 13.5. The van der Waals surface area contributed by atoms with Crippen LogP contribution in [0.1, 0.15) is 61.2 Å². The van der Waals surface area contributed by atoms with Gasteiger partial charge in [-0.05, 0) is 74.7 Å². The van der Waals surface area contributed by atoms with Crippen molar-refractivity contribution >= 4 is 39.4 Å². The van der Waals surface area contributed by atoms with E-state index in [1.165, 1.54) is 23.4 Å². The lowest BCUT2D eigenvalue weighted by atomic mass is 9.98. The second-order valence-corrected chi connectivity index (χ2v) is 11.8. The molecule has 3 aromatic rings. The molecule has 0 aliphatic carbocycles. The molecule has 0 amide bonds. The molecule has 2 saturated heterocycles. The Balaban J connectivity index is 0.00000108. The number of aliphatic hydroxyl groups excluding tert-OH is 1. The van der Waals surface area contributed by atoms with Gasteiger partial charge in [0.2, 0.25) is 5.78 Å². The summed E-state index contributed by atoms with van der Waals surface area (Å²) in [6.07, 6.45) is 5.34. The third-order valence-corrected chi connectivity index (χ3v) is 8.54. The van der Waals surface area contributed by atoms with Gasteiger partial charge in [0, 0.05) is 42.6 Å². The quantitative estimate of drug-likeness (QED) is 0.334. The molecule has 4 heterocycles. The van der Waals surface area contributed by atoms with Gasteiger partial charge in [-0.15, -0.1) is 0 Å². The number of carbonyl (C=O) groups excluding carboxylic acids is 1. The van der Waals surface area contributed by atoms with Crippen molar-refractivity contribution in [2.45, 2.75) is 58.1 Å². The largest absolute Gasteiger partial charge is 0.486 e. The Bertz CT molecular complexity index is 1310. The number of anilines is 4. The van der Waals surface area contributed by atoms with Crippen LogP contribution in [0.5, 0.6) is 11.5 Å². The number of rotatable bonds is 6. The second-order valence-electron chi connectivity index (χ2n) is 10.8. The Morgan fingerprint density at radius 1 is 1.05 bits per heavy atom. The normalized spacial score (nSPS) is 19.3. The number of hydrogen-bond donors (Lipinski definition) is 3. The van der Waals surface area contributed by atoms with Crippen LogP contribution in [0.3, 0.4) is 0 Å². The summed E-state index contributed by atoms with van der Waals surface area (Å²) in [7, 11) is 0. The smallest absolute Gasteiger partial charge is 0.206 e. The first-order valence-corrected chi connectivity index (χ1v) is 15.5. The van der Waals surface area contributed by atoms with Crippen LogP contribution in [-0.2, 0) is 0 Å². The van der Waals surface area contributed by atoms with Gasteiger partial charge < -0.3 is 30.5 Å². The number of carbonyl (C=O) groups is 1. The molecule has 9 nitrogen and oxygen atoms in total. The zero-order valence-corrected chi connectivity index (χ0v) is 24.8. The Labute approximate surface area is 246 Å². The van der Waals surface area contributed by atoms with Gasteiger partial charge in [0.05, 0.1) is 6.10 Å². The van der Waals surface area contributed by atoms with Crippen LogP contribution < -0.4 is 25.4 Å². The summed E-state index contributed by atoms with van der Waals surface area (Å²) in [6, 6.07) is 14.0. The standard InChI is InChI=1S/C28H33N5O4S.C3H8/c29-27-26(25(35)18-3-8-23-24(16-18)37-15-14-36-23)38-28(31-27)30-19-4-6-20(7-5-19)32-12-9-21(10-13-32)33-11-1-2-22(34)17-33;1-3-2/h3-8,16,21-22,34H,1-2,9-15,17,29H2,(H,30,31);3H2,1-2H3. The number of hydrogen-bond acceptors (Lipinski definition) is 10. The third kappa shape index (κ3) is 7.12. The van der Waals surface area contributed by atoms with E-state index < -0.39 is 0 Å². The number of ether oxygens (including phenoxy) is 2. The number of nitrogens with one attached hydrogen (secondary N) is 1. The summed E-state index contributed by atoms with van der Waals surface area (Å²) in [4.78, 5) is 22.8. The van der Waals surface area contributed by atoms with E-state index in [1.54, 1.807) is 18.2 Å². The van der Waals surface area contributed by atoms with E-state index in [0.29, 0.717) is 46.3 Å². The van der Waals surface area contributed by atoms with E-state index in [0.717, 1.165) is 57.5 Å². The average molecular weight is 580 g/mol. The number of β-amino-alcohol motifs (C(OH)–C–C–N with tert-alkyl or cyclic N) is 1. The van der Waals surface area contributed by atoms with Crippen LogP contribution in [0.25, 0.3) is 0 Å². The van der Waals surface area contributed by atoms with Gasteiger partial charge >= 0.3 is 0 Å². The average Bonchev–Trinajstić information content (AvgIpc) is 3.37. The van der Waals surface area contributed by atoms with Crippen LogP contribution in [0.4, 0.5) is 22.3 Å². The molecule has 0 saturated carbocycles. The lowest BCUT2D eigenvalue weighted by Gasteiger charge is -2.42. The van der Waals surface area contributed by atoms with Gasteiger partial charge in [0.1, 0.15) is 23.9 Å². The number of benzene rings is 2. The molecule has 1 unspecified atom stereocenters. The van der Waals surface area contributed by atoms with E-state index in [-0.39, 0.29) is 17.7 Å². The summed E-state index contributed by atoms with van der Waals surface area (Å²) in [5, 5.41) is 13.9. The van der Waals surface area contributed by atoms with Gasteiger partial charge in [-0.25, -0.2) is 4.98 Å². The topological polar surface area (TPSA) is 113 Å². The highest BCUT2D eigenvalue weighted by atomic mass is 32.1. The highest BCUT2D eigenvalue weighted by Gasteiger charge is 2.28. The van der Waals surface area contributed by atoms with E-state index >= 15 is 0 Å². The van der Waals surface area contributed by atoms with Gasteiger partial charge in [-0.2, -0.15) is 0 Å². The molecule has 3 aliphatic rings. The van der Waals surface area contributed by atoms with Gasteiger partial charge in [0.25, 0.3) is 0 Å². The number of nitrogens with zero attached hydrogens (tertiary/aromatic N) is 3. The van der Waals surface area contributed by atoms with E-state index in [9.17, 15) is 9.90 Å². The SMILES string of the molecule is CCC.Nc1nc(Nc2ccc(N3CCC(N4CCCC(O)C4)CC3)cc2)sc1C(=O)c1ccc2c(c1)OCCO2. The lowest BCUT2D eigenvalue weighted by molar-refractivity contribution is 0.0398. The maximum absolute atomic E-state index is 13.1. The number of aromatic nitrogens is 1. The molecule has 3 aliphatic heterocycles. The first-order valence-electron chi connectivity index (χ1n) is 14.7. The number of nitrogens with two attached hydrogens (primary N) is 1. The Kier molecular flexibility index (Phi) is 9.64. The Morgan fingerprint density at radius 2 is 1.76 bits per heavy atom. The number of fused-ring (bicyclic) bond motifs is 1. The lowest BCUT2D eigenvalue weighted by Crippen LogP contribution is -2.49. The fourth-order valence-corrected chi connectivity index (χ4v) is 6.41. The summed E-state index contributed by atoms with van der Waals surface area (Å²) < 4.78 is 11.2. The summed E-state index contributed by atoms with van der Waals surface area (Å²) in [5.41, 5.74) is 8.69. The highest BCUT2D eigenvalue weighted by Crippen LogP contribution is 2.35. The van der Waals surface area contributed by atoms with Crippen molar-refractivity contribution in [2.24, 2.45) is 0 Å². The van der Waals surface area contributed by atoms with Crippen molar-refractivity contribution in [3.05, 3.63) is 52.9 Å². The molecule has 41 heavy (non-hydrogen) atoms. The minimum absolute atomic E-state index is 0.169. The predicted octanol–water partition coefficient (Wildman–Crippen LogP) is 5.31. The number of piperidine rings is 2. The fraction of sp³-hybridized carbons (Fsp3) is 0.484. The van der Waals surface area contributed by atoms with Crippen molar-refractivity contribution < 1.29 is 19.4 Å². The van der Waals surface area contributed by atoms with Crippen LogP contribution >= 0.6 is 11.3 Å². The molecule has 0 spiro atoms. The highest BCUT2D eigenvalue weighted by molar-refractivity contribution is 7.18. The van der Waals surface area contributed by atoms with Crippen LogP contribution in [0.15, 0.2) is 42.5 Å². The first-order chi connectivity index (χ1) is 19.9. The molecule has 2 fully saturated rings. The molecule has 1 aromatic heterocycles. The number of likely N-dealkylation sites (tertiary alicyclic amines) is 1. The minimum atomic E-state index is -0.192. The molecule has 10 heteroatoms. The molecular weight excluding hydrogens is 538 g/mol. The zero-order valence-electron chi connectivity index (χ0n) is 24.0. The van der Waals surface area contributed by atoms with Crippen molar-refractivity contribution in [3.8, 4) is 11.5 Å². The minimum Gasteiger partial charge on any atom is -0.486 e. The Morgan fingerprint density at radius 3 is 2.46 bits per heavy atom. The van der Waals surface area contributed by atoms with Crippen LogP contribution in [0.2, 0.25) is 0 Å². The molecule has 220 valence electrons. The number of nitrogen functional groups attached to an aromatic ring is 1. The number of ketones is 1. The van der Waals surface area contributed by atoms with Gasteiger partial charge in [-0.3, -0.25) is 9.69 Å². The van der Waals surface area contributed by atoms with Crippen LogP contribution in [0, 0.1) is 0 Å². The van der Waals surface area contributed by atoms with Crippen molar-refractivity contribution in [2.75, 3.05) is 55.3 Å². The fourth-order valence-electron chi connectivity index (χ4n) is 5.55. The monoisotopic (exact) mass is 579 g/mol. The maximum Gasteiger partial charge on any atom is 0.206 e. The molecule has 1 atom stereocenters.